The fourth-order valence-corrected chi connectivity index (χ4v) is 4.35. The Hall–Kier alpha value is -2.73. The molecule has 0 aromatic heterocycles. The van der Waals surface area contributed by atoms with Crippen molar-refractivity contribution in [3.8, 4) is 17.2 Å². The molecule has 0 saturated carbocycles. The van der Waals surface area contributed by atoms with Gasteiger partial charge in [0, 0.05) is 39.3 Å². The molecule has 3 aromatic rings. The number of nitrogens with one attached hydrogen (secondary N) is 1. The molecule has 0 amide bonds. The Morgan fingerprint density at radius 1 is 1.06 bits per heavy atom. The molecule has 3 aromatic carbocycles. The molecule has 7 heteroatoms. The lowest BCUT2D eigenvalue weighted by atomic mass is 9.93. The third kappa shape index (κ3) is 4.70. The number of para-hydroxylation sites is 1. The fourth-order valence-electron chi connectivity index (χ4n) is 3.84. The summed E-state index contributed by atoms with van der Waals surface area (Å²) >= 11 is 12.6. The van der Waals surface area contributed by atoms with Crippen LogP contribution in [-0.2, 0) is 0 Å². The first-order valence-corrected chi connectivity index (χ1v) is 11.1. The average molecular weight is 471 g/mol. The van der Waals surface area contributed by atoms with Crippen LogP contribution in [0.25, 0.3) is 0 Å². The molecule has 1 heterocycles. The molecule has 4 rings (SSSR count). The number of rotatable bonds is 6. The average Bonchev–Trinajstić information content (AvgIpc) is 2.80. The Kier molecular flexibility index (Phi) is 6.89. The largest absolute Gasteiger partial charge is 0.504 e. The summed E-state index contributed by atoms with van der Waals surface area (Å²) in [6.07, 6.45) is 0.169. The molecule has 0 spiro atoms. The molecule has 0 bridgehead atoms. The van der Waals surface area contributed by atoms with E-state index in [0.717, 1.165) is 28.2 Å². The van der Waals surface area contributed by atoms with Crippen LogP contribution in [0.5, 0.6) is 17.2 Å². The standard InChI is InChI=1S/C25H24Cl2N2O3/c1-3-32-23-6-4-5-19(24(23)30)22-14-21(15-7-10-17(31-2)11-8-15)28-25(29-22)18-12-9-16(26)13-20(18)27/h4-13,22,25,29-30H,3,14H2,1-2H3/t22-,25+/m0/s1. The molecule has 2 atom stereocenters. The van der Waals surface area contributed by atoms with Gasteiger partial charge in [-0.05, 0) is 55.0 Å². The molecule has 1 aliphatic heterocycles. The van der Waals surface area contributed by atoms with E-state index in [1.807, 2.05) is 49.4 Å². The first-order chi connectivity index (χ1) is 15.5. The van der Waals surface area contributed by atoms with Gasteiger partial charge >= 0.3 is 0 Å². The highest BCUT2D eigenvalue weighted by Crippen LogP contribution is 2.40. The van der Waals surface area contributed by atoms with E-state index in [0.29, 0.717) is 28.8 Å². The molecular weight excluding hydrogens is 447 g/mol. The van der Waals surface area contributed by atoms with Gasteiger partial charge < -0.3 is 14.6 Å². The van der Waals surface area contributed by atoms with E-state index in [1.165, 1.54) is 0 Å². The molecule has 0 saturated heterocycles. The van der Waals surface area contributed by atoms with Crippen LogP contribution in [0.4, 0.5) is 0 Å². The van der Waals surface area contributed by atoms with Gasteiger partial charge in [-0.1, -0.05) is 41.4 Å². The van der Waals surface area contributed by atoms with Gasteiger partial charge in [0.1, 0.15) is 11.9 Å². The van der Waals surface area contributed by atoms with Gasteiger partial charge in [-0.3, -0.25) is 10.3 Å². The van der Waals surface area contributed by atoms with Crippen molar-refractivity contribution in [3.05, 3.63) is 87.4 Å². The van der Waals surface area contributed by atoms with Crippen LogP contribution in [0.2, 0.25) is 10.0 Å². The topological polar surface area (TPSA) is 63.1 Å². The Morgan fingerprint density at radius 3 is 2.53 bits per heavy atom. The number of ether oxygens (including phenoxy) is 2. The van der Waals surface area contributed by atoms with Gasteiger partial charge in [-0.2, -0.15) is 0 Å². The molecule has 2 N–H and O–H groups in total. The number of methoxy groups -OCH3 is 1. The zero-order valence-electron chi connectivity index (χ0n) is 17.8. The minimum Gasteiger partial charge on any atom is -0.504 e. The predicted octanol–water partition coefficient (Wildman–Crippen LogP) is 6.33. The lowest BCUT2D eigenvalue weighted by Gasteiger charge is -2.31. The van der Waals surface area contributed by atoms with Crippen molar-refractivity contribution in [3.63, 3.8) is 0 Å². The van der Waals surface area contributed by atoms with Gasteiger partial charge in [0.25, 0.3) is 0 Å². The molecule has 32 heavy (non-hydrogen) atoms. The molecule has 0 unspecified atom stereocenters. The number of aromatic hydroxyl groups is 1. The summed E-state index contributed by atoms with van der Waals surface area (Å²) in [5.74, 6) is 1.37. The minimum atomic E-state index is -0.411. The van der Waals surface area contributed by atoms with Gasteiger partial charge in [-0.25, -0.2) is 0 Å². The Labute approximate surface area is 197 Å². The zero-order chi connectivity index (χ0) is 22.7. The van der Waals surface area contributed by atoms with Crippen LogP contribution in [0.1, 0.15) is 42.2 Å². The smallest absolute Gasteiger partial charge is 0.162 e. The zero-order valence-corrected chi connectivity index (χ0v) is 19.3. The highest BCUT2D eigenvalue weighted by atomic mass is 35.5. The lowest BCUT2D eigenvalue weighted by molar-refractivity contribution is 0.313. The molecule has 0 aliphatic carbocycles. The minimum absolute atomic E-state index is 0.129. The monoisotopic (exact) mass is 470 g/mol. The summed E-state index contributed by atoms with van der Waals surface area (Å²) in [4.78, 5) is 4.96. The van der Waals surface area contributed by atoms with Crippen LogP contribution >= 0.6 is 23.2 Å². The van der Waals surface area contributed by atoms with Gasteiger partial charge in [0.2, 0.25) is 0 Å². The lowest BCUT2D eigenvalue weighted by Crippen LogP contribution is -2.33. The Balaban J connectivity index is 1.77. The molecule has 166 valence electrons. The normalized spacial score (nSPS) is 18.2. The second-order valence-corrected chi connectivity index (χ2v) is 8.27. The van der Waals surface area contributed by atoms with E-state index in [1.54, 1.807) is 25.3 Å². The van der Waals surface area contributed by atoms with Gasteiger partial charge in [0.05, 0.1) is 13.7 Å². The molecule has 5 nitrogen and oxygen atoms in total. The summed E-state index contributed by atoms with van der Waals surface area (Å²) in [7, 11) is 1.64. The third-order valence-corrected chi connectivity index (χ3v) is 5.99. The van der Waals surface area contributed by atoms with Crippen LogP contribution < -0.4 is 14.8 Å². The van der Waals surface area contributed by atoms with E-state index in [9.17, 15) is 5.11 Å². The van der Waals surface area contributed by atoms with Crippen molar-refractivity contribution in [2.75, 3.05) is 13.7 Å². The van der Waals surface area contributed by atoms with Crippen LogP contribution in [0.3, 0.4) is 0 Å². The maximum Gasteiger partial charge on any atom is 0.162 e. The Morgan fingerprint density at radius 2 is 1.84 bits per heavy atom. The molecule has 1 aliphatic rings. The van der Waals surface area contributed by atoms with Crippen molar-refractivity contribution in [2.24, 2.45) is 4.99 Å². The van der Waals surface area contributed by atoms with Crippen molar-refractivity contribution in [1.29, 1.82) is 0 Å². The van der Waals surface area contributed by atoms with Gasteiger partial charge in [0.15, 0.2) is 11.5 Å². The quantitative estimate of drug-likeness (QED) is 0.441. The van der Waals surface area contributed by atoms with Crippen LogP contribution in [0, 0.1) is 0 Å². The number of nitrogens with zero attached hydrogens (tertiary/aromatic N) is 1. The van der Waals surface area contributed by atoms with E-state index in [2.05, 4.69) is 5.32 Å². The van der Waals surface area contributed by atoms with Crippen LogP contribution in [-0.4, -0.2) is 24.5 Å². The maximum absolute atomic E-state index is 10.9. The second-order valence-electron chi connectivity index (χ2n) is 7.42. The van der Waals surface area contributed by atoms with Gasteiger partial charge in [-0.15, -0.1) is 0 Å². The first-order valence-electron chi connectivity index (χ1n) is 10.4. The number of benzene rings is 3. The van der Waals surface area contributed by atoms with Crippen molar-refractivity contribution < 1.29 is 14.6 Å². The SMILES string of the molecule is CCOc1cccc([C@@H]2CC(c3ccc(OC)cc3)=N[C@@H](c3ccc(Cl)cc3Cl)N2)c1O. The summed E-state index contributed by atoms with van der Waals surface area (Å²) < 4.78 is 10.9. The second kappa shape index (κ2) is 9.82. The Bertz CT molecular complexity index is 1130. The first kappa shape index (κ1) is 22.5. The summed E-state index contributed by atoms with van der Waals surface area (Å²) in [5.41, 5.74) is 3.43. The number of phenolic OH excluding ortho intramolecular Hbond substituents is 1. The summed E-state index contributed by atoms with van der Waals surface area (Å²) in [6, 6.07) is 18.5. The highest BCUT2D eigenvalue weighted by Gasteiger charge is 2.29. The van der Waals surface area contributed by atoms with Crippen LogP contribution in [0.15, 0.2) is 65.7 Å². The number of hydrogen-bond acceptors (Lipinski definition) is 5. The van der Waals surface area contributed by atoms with E-state index in [4.69, 9.17) is 37.7 Å². The number of aliphatic imine (C=N–C) groups is 1. The summed E-state index contributed by atoms with van der Waals surface area (Å²) in [6.45, 7) is 2.36. The number of phenols is 1. The van der Waals surface area contributed by atoms with E-state index >= 15 is 0 Å². The van der Waals surface area contributed by atoms with E-state index < -0.39 is 6.17 Å². The number of hydrogen-bond donors (Lipinski definition) is 2. The molecule has 0 fully saturated rings. The van der Waals surface area contributed by atoms with E-state index in [-0.39, 0.29) is 11.8 Å². The third-order valence-electron chi connectivity index (χ3n) is 5.43. The molecule has 0 radical (unpaired) electrons. The number of halogens is 2. The summed E-state index contributed by atoms with van der Waals surface area (Å²) in [5, 5.41) is 15.5. The maximum atomic E-state index is 10.9. The molecular formula is C25H24Cl2N2O3. The van der Waals surface area contributed by atoms with Crippen molar-refractivity contribution in [2.45, 2.75) is 25.6 Å². The fraction of sp³-hybridized carbons (Fsp3) is 0.240. The van der Waals surface area contributed by atoms with Crippen molar-refractivity contribution in [1.82, 2.24) is 5.32 Å². The highest BCUT2D eigenvalue weighted by molar-refractivity contribution is 6.35. The predicted molar refractivity (Wildman–Crippen MR) is 129 cm³/mol. The van der Waals surface area contributed by atoms with Crippen molar-refractivity contribution >= 4 is 28.9 Å².